The summed E-state index contributed by atoms with van der Waals surface area (Å²) in [5.74, 6) is 2.66. The fourth-order valence-electron chi connectivity index (χ4n) is 2.11. The van der Waals surface area contributed by atoms with Crippen LogP contribution in [0.15, 0.2) is 6.07 Å². The van der Waals surface area contributed by atoms with E-state index in [0.29, 0.717) is 11.8 Å². The SMILES string of the molecule is CCC(CC)C(Cl)CNc1cc(C)nc(C(C)C)n1. The van der Waals surface area contributed by atoms with E-state index in [1.807, 2.05) is 13.0 Å². The first-order chi connectivity index (χ1) is 8.97. The van der Waals surface area contributed by atoms with Crippen molar-refractivity contribution in [1.82, 2.24) is 9.97 Å². The van der Waals surface area contributed by atoms with Crippen LogP contribution in [0.25, 0.3) is 0 Å². The molecule has 1 aromatic rings. The zero-order valence-electron chi connectivity index (χ0n) is 12.7. The summed E-state index contributed by atoms with van der Waals surface area (Å²) in [6.07, 6.45) is 2.23. The van der Waals surface area contributed by atoms with Gasteiger partial charge in [-0.3, -0.25) is 0 Å². The number of hydrogen-bond acceptors (Lipinski definition) is 3. The summed E-state index contributed by atoms with van der Waals surface area (Å²) < 4.78 is 0. The Morgan fingerprint density at radius 2 is 1.84 bits per heavy atom. The Morgan fingerprint density at radius 3 is 2.37 bits per heavy atom. The highest BCUT2D eigenvalue weighted by molar-refractivity contribution is 6.21. The van der Waals surface area contributed by atoms with Gasteiger partial charge in [0, 0.05) is 24.2 Å². The van der Waals surface area contributed by atoms with Gasteiger partial charge >= 0.3 is 0 Å². The van der Waals surface area contributed by atoms with E-state index in [-0.39, 0.29) is 5.38 Å². The summed E-state index contributed by atoms with van der Waals surface area (Å²) >= 11 is 6.43. The van der Waals surface area contributed by atoms with Crippen LogP contribution in [0.5, 0.6) is 0 Å². The lowest BCUT2D eigenvalue weighted by molar-refractivity contribution is 0.475. The number of nitrogens with one attached hydrogen (secondary N) is 1. The Bertz CT molecular complexity index is 389. The molecular formula is C15H26ClN3. The molecule has 0 aromatic carbocycles. The molecule has 0 aliphatic carbocycles. The minimum absolute atomic E-state index is 0.146. The largest absolute Gasteiger partial charge is 0.368 e. The highest BCUT2D eigenvalue weighted by Gasteiger charge is 2.15. The van der Waals surface area contributed by atoms with E-state index in [2.05, 4.69) is 43.0 Å². The van der Waals surface area contributed by atoms with Gasteiger partial charge in [-0.05, 0) is 12.8 Å². The minimum Gasteiger partial charge on any atom is -0.368 e. The number of anilines is 1. The molecule has 0 fully saturated rings. The van der Waals surface area contributed by atoms with Crippen molar-refractivity contribution >= 4 is 17.4 Å². The first-order valence-corrected chi connectivity index (χ1v) is 7.65. The highest BCUT2D eigenvalue weighted by Crippen LogP contribution is 2.19. The zero-order chi connectivity index (χ0) is 14.4. The summed E-state index contributed by atoms with van der Waals surface area (Å²) in [5.41, 5.74) is 0.995. The number of aromatic nitrogens is 2. The van der Waals surface area contributed by atoms with Crippen LogP contribution in [0, 0.1) is 12.8 Å². The molecule has 1 rings (SSSR count). The van der Waals surface area contributed by atoms with Gasteiger partial charge in [0.2, 0.25) is 0 Å². The van der Waals surface area contributed by atoms with Gasteiger partial charge in [0.05, 0.1) is 5.38 Å². The monoisotopic (exact) mass is 283 g/mol. The van der Waals surface area contributed by atoms with E-state index in [1.54, 1.807) is 0 Å². The number of halogens is 1. The number of nitrogens with zero attached hydrogens (tertiary/aromatic N) is 2. The van der Waals surface area contributed by atoms with Gasteiger partial charge in [-0.1, -0.05) is 40.5 Å². The van der Waals surface area contributed by atoms with Crippen molar-refractivity contribution in [2.75, 3.05) is 11.9 Å². The minimum atomic E-state index is 0.146. The van der Waals surface area contributed by atoms with Crippen LogP contribution in [-0.2, 0) is 0 Å². The molecule has 1 heterocycles. The van der Waals surface area contributed by atoms with E-state index in [1.165, 1.54) is 0 Å². The molecule has 0 aliphatic heterocycles. The van der Waals surface area contributed by atoms with Crippen molar-refractivity contribution < 1.29 is 0 Å². The average molecular weight is 284 g/mol. The smallest absolute Gasteiger partial charge is 0.133 e. The van der Waals surface area contributed by atoms with Gasteiger partial charge < -0.3 is 5.32 Å². The third kappa shape index (κ3) is 4.98. The van der Waals surface area contributed by atoms with Crippen LogP contribution in [0.1, 0.15) is 58.0 Å². The molecule has 108 valence electrons. The lowest BCUT2D eigenvalue weighted by atomic mass is 9.99. The summed E-state index contributed by atoms with van der Waals surface area (Å²) in [6.45, 7) is 11.3. The lowest BCUT2D eigenvalue weighted by Gasteiger charge is -2.20. The quantitative estimate of drug-likeness (QED) is 0.756. The highest BCUT2D eigenvalue weighted by atomic mass is 35.5. The average Bonchev–Trinajstić information content (AvgIpc) is 2.37. The van der Waals surface area contributed by atoms with Gasteiger partial charge in [0.1, 0.15) is 11.6 Å². The Balaban J connectivity index is 2.67. The van der Waals surface area contributed by atoms with Crippen molar-refractivity contribution in [3.8, 4) is 0 Å². The van der Waals surface area contributed by atoms with Crippen LogP contribution < -0.4 is 5.32 Å². The second-order valence-corrected chi connectivity index (χ2v) is 5.94. The molecule has 3 nitrogen and oxygen atoms in total. The molecule has 0 radical (unpaired) electrons. The van der Waals surface area contributed by atoms with Crippen LogP contribution in [-0.4, -0.2) is 21.9 Å². The molecule has 4 heteroatoms. The molecule has 0 amide bonds. The fraction of sp³-hybridized carbons (Fsp3) is 0.733. The second kappa shape index (κ2) is 7.68. The van der Waals surface area contributed by atoms with Crippen molar-refractivity contribution in [2.45, 2.75) is 58.8 Å². The maximum Gasteiger partial charge on any atom is 0.133 e. The molecule has 1 unspecified atom stereocenters. The Morgan fingerprint density at radius 1 is 1.21 bits per heavy atom. The van der Waals surface area contributed by atoms with E-state index in [0.717, 1.165) is 36.7 Å². The summed E-state index contributed by atoms with van der Waals surface area (Å²) in [7, 11) is 0. The summed E-state index contributed by atoms with van der Waals surface area (Å²) in [6, 6.07) is 1.97. The molecule has 1 aromatic heterocycles. The normalized spacial score (nSPS) is 13.1. The van der Waals surface area contributed by atoms with Crippen molar-refractivity contribution in [2.24, 2.45) is 5.92 Å². The standard InChI is InChI=1S/C15H26ClN3/c1-6-12(7-2)13(16)9-17-14-8-11(5)18-15(19-14)10(3)4/h8,10,12-13H,6-7,9H2,1-5H3,(H,17,18,19). The van der Waals surface area contributed by atoms with Crippen LogP contribution >= 0.6 is 11.6 Å². The number of rotatable bonds is 7. The van der Waals surface area contributed by atoms with E-state index in [4.69, 9.17) is 11.6 Å². The maximum absolute atomic E-state index is 6.43. The molecule has 0 aliphatic rings. The number of aryl methyl sites for hydroxylation is 1. The third-order valence-electron chi connectivity index (χ3n) is 3.43. The summed E-state index contributed by atoms with van der Waals surface area (Å²) in [4.78, 5) is 8.98. The van der Waals surface area contributed by atoms with E-state index < -0.39 is 0 Å². The van der Waals surface area contributed by atoms with Gasteiger partial charge in [-0.15, -0.1) is 11.6 Å². The molecule has 0 spiro atoms. The van der Waals surface area contributed by atoms with Gasteiger partial charge in [-0.25, -0.2) is 9.97 Å². The van der Waals surface area contributed by atoms with E-state index in [9.17, 15) is 0 Å². The van der Waals surface area contributed by atoms with Crippen molar-refractivity contribution in [3.05, 3.63) is 17.6 Å². The van der Waals surface area contributed by atoms with Crippen molar-refractivity contribution in [3.63, 3.8) is 0 Å². The number of alkyl halides is 1. The zero-order valence-corrected chi connectivity index (χ0v) is 13.5. The Kier molecular flexibility index (Phi) is 6.56. The third-order valence-corrected chi connectivity index (χ3v) is 3.94. The Labute approximate surface area is 122 Å². The second-order valence-electron chi connectivity index (χ2n) is 5.38. The van der Waals surface area contributed by atoms with Gasteiger partial charge in [-0.2, -0.15) is 0 Å². The van der Waals surface area contributed by atoms with Crippen LogP contribution in [0.2, 0.25) is 0 Å². The molecule has 0 bridgehead atoms. The molecule has 0 saturated heterocycles. The molecule has 0 saturated carbocycles. The first-order valence-electron chi connectivity index (χ1n) is 7.21. The fourth-order valence-corrected chi connectivity index (χ4v) is 2.54. The number of hydrogen-bond donors (Lipinski definition) is 1. The van der Waals surface area contributed by atoms with E-state index >= 15 is 0 Å². The first kappa shape index (κ1) is 16.2. The molecule has 19 heavy (non-hydrogen) atoms. The topological polar surface area (TPSA) is 37.8 Å². The maximum atomic E-state index is 6.43. The Hall–Kier alpha value is -0.830. The summed E-state index contributed by atoms with van der Waals surface area (Å²) in [5, 5.41) is 3.49. The molecule has 1 atom stereocenters. The molecule has 1 N–H and O–H groups in total. The van der Waals surface area contributed by atoms with Gasteiger partial charge in [0.25, 0.3) is 0 Å². The lowest BCUT2D eigenvalue weighted by Crippen LogP contribution is -2.23. The van der Waals surface area contributed by atoms with Crippen LogP contribution in [0.3, 0.4) is 0 Å². The van der Waals surface area contributed by atoms with Crippen molar-refractivity contribution in [1.29, 1.82) is 0 Å². The molecular weight excluding hydrogens is 258 g/mol. The predicted octanol–water partition coefficient (Wildman–Crippen LogP) is 4.36. The van der Waals surface area contributed by atoms with Crippen LogP contribution in [0.4, 0.5) is 5.82 Å². The van der Waals surface area contributed by atoms with Gasteiger partial charge in [0.15, 0.2) is 0 Å². The predicted molar refractivity (Wildman–Crippen MR) is 83.1 cm³/mol.